The van der Waals surface area contributed by atoms with Crippen molar-refractivity contribution in [2.45, 2.75) is 38.1 Å². The van der Waals surface area contributed by atoms with Crippen molar-refractivity contribution in [3.63, 3.8) is 0 Å². The third-order valence-electron chi connectivity index (χ3n) is 5.50. The van der Waals surface area contributed by atoms with Gasteiger partial charge in [-0.1, -0.05) is 24.7 Å². The zero-order valence-electron chi connectivity index (χ0n) is 18.9. The first kappa shape index (κ1) is 23.5. The Bertz CT molecular complexity index is 1340. The van der Waals surface area contributed by atoms with Crippen LogP contribution in [0.5, 0.6) is 11.5 Å². The van der Waals surface area contributed by atoms with E-state index in [9.17, 15) is 13.2 Å². The fourth-order valence-corrected chi connectivity index (χ4v) is 5.91. The van der Waals surface area contributed by atoms with Crippen molar-refractivity contribution in [1.82, 2.24) is 8.87 Å². The van der Waals surface area contributed by atoms with Gasteiger partial charge in [0.25, 0.3) is 5.91 Å². The molecule has 1 amide bonds. The standard InChI is InChI=1S/C23H27N3O5S2/c1-4-6-11-25(3)33(28,29)17-9-7-16(8-10-17)22(27)24-23-26(5-2)18-14-19-20(15-21(18)32-23)31-13-12-30-19/h7-10,14-15H,4-6,11-13H2,1-3H3. The van der Waals surface area contributed by atoms with Crippen LogP contribution < -0.4 is 14.3 Å². The van der Waals surface area contributed by atoms with E-state index in [2.05, 4.69) is 4.99 Å². The Morgan fingerprint density at radius 1 is 1.12 bits per heavy atom. The number of hydrogen-bond acceptors (Lipinski definition) is 6. The van der Waals surface area contributed by atoms with Gasteiger partial charge in [0, 0.05) is 37.8 Å². The zero-order valence-corrected chi connectivity index (χ0v) is 20.5. The fourth-order valence-electron chi connectivity index (χ4n) is 3.60. The van der Waals surface area contributed by atoms with Crippen LogP contribution in [0.2, 0.25) is 0 Å². The van der Waals surface area contributed by atoms with Crippen molar-refractivity contribution in [2.24, 2.45) is 4.99 Å². The van der Waals surface area contributed by atoms with Gasteiger partial charge in [-0.15, -0.1) is 0 Å². The van der Waals surface area contributed by atoms with E-state index in [0.29, 0.717) is 48.2 Å². The number of sulfonamides is 1. The summed E-state index contributed by atoms with van der Waals surface area (Å²) in [5, 5.41) is 0. The third kappa shape index (κ3) is 4.68. The molecular weight excluding hydrogens is 462 g/mol. The van der Waals surface area contributed by atoms with Crippen LogP contribution in [-0.4, -0.2) is 50.0 Å². The van der Waals surface area contributed by atoms with E-state index in [1.165, 1.54) is 39.9 Å². The number of benzene rings is 2. The molecule has 1 aliphatic heterocycles. The van der Waals surface area contributed by atoms with Gasteiger partial charge < -0.3 is 14.0 Å². The van der Waals surface area contributed by atoms with Crippen molar-refractivity contribution in [1.29, 1.82) is 0 Å². The summed E-state index contributed by atoms with van der Waals surface area (Å²) in [6, 6.07) is 9.78. The Kier molecular flexibility index (Phi) is 6.87. The Labute approximate surface area is 197 Å². The van der Waals surface area contributed by atoms with Crippen LogP contribution in [0, 0.1) is 0 Å². The molecule has 0 saturated heterocycles. The summed E-state index contributed by atoms with van der Waals surface area (Å²) in [6.07, 6.45) is 1.70. The first-order chi connectivity index (χ1) is 15.8. The molecule has 8 nitrogen and oxygen atoms in total. The average Bonchev–Trinajstić information content (AvgIpc) is 3.16. The number of unbranched alkanes of at least 4 members (excludes halogenated alkanes) is 1. The predicted octanol–water partition coefficient (Wildman–Crippen LogP) is 3.66. The molecule has 2 heterocycles. The lowest BCUT2D eigenvalue weighted by Crippen LogP contribution is -2.27. The molecule has 0 atom stereocenters. The summed E-state index contributed by atoms with van der Waals surface area (Å²) in [5.74, 6) is 0.952. The van der Waals surface area contributed by atoms with E-state index in [0.717, 1.165) is 23.1 Å². The molecule has 4 rings (SSSR count). The van der Waals surface area contributed by atoms with E-state index in [1.54, 1.807) is 7.05 Å². The van der Waals surface area contributed by atoms with Gasteiger partial charge in [0.15, 0.2) is 16.3 Å². The summed E-state index contributed by atoms with van der Waals surface area (Å²) in [6.45, 7) is 6.10. The van der Waals surface area contributed by atoms with Crippen LogP contribution >= 0.6 is 11.3 Å². The Morgan fingerprint density at radius 3 is 2.42 bits per heavy atom. The van der Waals surface area contributed by atoms with Gasteiger partial charge in [-0.3, -0.25) is 4.79 Å². The van der Waals surface area contributed by atoms with Gasteiger partial charge in [-0.05, 0) is 37.6 Å². The number of aromatic nitrogens is 1. The van der Waals surface area contributed by atoms with Crippen LogP contribution in [0.25, 0.3) is 10.2 Å². The maximum Gasteiger partial charge on any atom is 0.279 e. The highest BCUT2D eigenvalue weighted by Crippen LogP contribution is 2.35. The molecule has 3 aromatic rings. The number of nitrogens with zero attached hydrogens (tertiary/aromatic N) is 3. The predicted molar refractivity (Wildman–Crippen MR) is 128 cm³/mol. The minimum atomic E-state index is -3.58. The van der Waals surface area contributed by atoms with Crippen molar-refractivity contribution >= 4 is 37.5 Å². The molecule has 10 heteroatoms. The normalized spacial score (nSPS) is 14.2. The van der Waals surface area contributed by atoms with E-state index in [1.807, 2.05) is 30.5 Å². The molecule has 33 heavy (non-hydrogen) atoms. The van der Waals surface area contributed by atoms with Gasteiger partial charge >= 0.3 is 0 Å². The highest BCUT2D eigenvalue weighted by atomic mass is 32.2. The van der Waals surface area contributed by atoms with E-state index in [4.69, 9.17) is 9.47 Å². The monoisotopic (exact) mass is 489 g/mol. The Morgan fingerprint density at radius 2 is 1.79 bits per heavy atom. The fraction of sp³-hybridized carbons (Fsp3) is 0.391. The largest absolute Gasteiger partial charge is 0.486 e. The molecule has 0 unspecified atom stereocenters. The maximum absolute atomic E-state index is 12.9. The molecular formula is C23H27N3O5S2. The molecule has 0 aliphatic carbocycles. The third-order valence-corrected chi connectivity index (χ3v) is 8.41. The van der Waals surface area contributed by atoms with Gasteiger partial charge in [0.05, 0.1) is 15.1 Å². The number of hydrogen-bond donors (Lipinski definition) is 0. The second kappa shape index (κ2) is 9.66. The lowest BCUT2D eigenvalue weighted by molar-refractivity contribution is 0.0997. The highest BCUT2D eigenvalue weighted by molar-refractivity contribution is 7.89. The van der Waals surface area contributed by atoms with Crippen LogP contribution in [0.1, 0.15) is 37.0 Å². The number of carbonyl (C=O) groups is 1. The summed E-state index contributed by atoms with van der Waals surface area (Å²) in [5.41, 5.74) is 1.26. The number of fused-ring (bicyclic) bond motifs is 2. The van der Waals surface area contributed by atoms with Gasteiger partial charge in [0.2, 0.25) is 10.0 Å². The van der Waals surface area contributed by atoms with Crippen molar-refractivity contribution in [3.05, 3.63) is 46.8 Å². The number of thiazole rings is 1. The van der Waals surface area contributed by atoms with Gasteiger partial charge in [0.1, 0.15) is 13.2 Å². The molecule has 1 aromatic heterocycles. The van der Waals surface area contributed by atoms with E-state index >= 15 is 0 Å². The van der Waals surface area contributed by atoms with E-state index < -0.39 is 15.9 Å². The maximum atomic E-state index is 12.9. The van der Waals surface area contributed by atoms with Gasteiger partial charge in [-0.2, -0.15) is 4.99 Å². The van der Waals surface area contributed by atoms with Crippen molar-refractivity contribution in [3.8, 4) is 11.5 Å². The lowest BCUT2D eigenvalue weighted by atomic mass is 10.2. The lowest BCUT2D eigenvalue weighted by Gasteiger charge is -2.18. The van der Waals surface area contributed by atoms with Crippen molar-refractivity contribution < 1.29 is 22.7 Å². The molecule has 0 spiro atoms. The second-order valence-electron chi connectivity index (χ2n) is 7.71. The molecule has 0 fully saturated rings. The van der Waals surface area contributed by atoms with Crippen LogP contribution in [0.4, 0.5) is 0 Å². The second-order valence-corrected chi connectivity index (χ2v) is 10.8. The average molecular weight is 490 g/mol. The topological polar surface area (TPSA) is 90.2 Å². The first-order valence-electron chi connectivity index (χ1n) is 10.9. The molecule has 0 N–H and O–H groups in total. The zero-order chi connectivity index (χ0) is 23.6. The number of rotatable bonds is 7. The summed E-state index contributed by atoms with van der Waals surface area (Å²) in [7, 11) is -2.02. The van der Waals surface area contributed by atoms with Crippen LogP contribution in [-0.2, 0) is 16.6 Å². The Hall–Kier alpha value is -2.69. The SMILES string of the molecule is CCCCN(C)S(=O)(=O)c1ccc(C(=O)N=c2sc3cc4c(cc3n2CC)OCCO4)cc1. The number of aryl methyl sites for hydroxylation is 1. The van der Waals surface area contributed by atoms with Crippen LogP contribution in [0.15, 0.2) is 46.3 Å². The summed E-state index contributed by atoms with van der Waals surface area (Å²) >= 11 is 1.40. The number of carbonyl (C=O) groups excluding carboxylic acids is 1. The molecule has 2 aromatic carbocycles. The quantitative estimate of drug-likeness (QED) is 0.505. The molecule has 1 aliphatic rings. The van der Waals surface area contributed by atoms with Gasteiger partial charge in [-0.25, -0.2) is 12.7 Å². The van der Waals surface area contributed by atoms with E-state index in [-0.39, 0.29) is 4.90 Å². The smallest absolute Gasteiger partial charge is 0.279 e. The first-order valence-corrected chi connectivity index (χ1v) is 13.2. The minimum absolute atomic E-state index is 0.161. The number of ether oxygens (including phenoxy) is 2. The molecule has 0 bridgehead atoms. The highest BCUT2D eigenvalue weighted by Gasteiger charge is 2.21. The van der Waals surface area contributed by atoms with Crippen molar-refractivity contribution in [2.75, 3.05) is 26.8 Å². The summed E-state index contributed by atoms with van der Waals surface area (Å²) in [4.78, 5) is 17.9. The molecule has 176 valence electrons. The Balaban J connectivity index is 1.64. The molecule has 0 saturated carbocycles. The molecule has 0 radical (unpaired) electrons. The number of amides is 1. The minimum Gasteiger partial charge on any atom is -0.486 e. The summed E-state index contributed by atoms with van der Waals surface area (Å²) < 4.78 is 41.0. The van der Waals surface area contributed by atoms with Crippen LogP contribution in [0.3, 0.4) is 0 Å².